The molecule has 130 valence electrons. The third-order valence-electron chi connectivity index (χ3n) is 4.17. The average Bonchev–Trinajstić information content (AvgIpc) is 3.22. The van der Waals surface area contributed by atoms with Crippen LogP contribution in [0, 0.1) is 0 Å². The van der Waals surface area contributed by atoms with Crippen LogP contribution in [0.15, 0.2) is 36.8 Å². The molecule has 0 aliphatic carbocycles. The minimum atomic E-state index is 0.586. The van der Waals surface area contributed by atoms with Gasteiger partial charge in [0, 0.05) is 12.7 Å². The Kier molecular flexibility index (Phi) is 3.41. The average molecular weight is 348 g/mol. The van der Waals surface area contributed by atoms with Crippen LogP contribution in [-0.4, -0.2) is 43.3 Å². The van der Waals surface area contributed by atoms with E-state index in [0.29, 0.717) is 35.5 Å². The van der Waals surface area contributed by atoms with Gasteiger partial charge in [-0.25, -0.2) is 15.0 Å². The molecule has 0 saturated heterocycles. The second-order valence-electron chi connectivity index (χ2n) is 5.90. The van der Waals surface area contributed by atoms with Gasteiger partial charge in [-0.05, 0) is 18.6 Å². The molecule has 4 heterocycles. The molecule has 1 aliphatic heterocycles. The van der Waals surface area contributed by atoms with Crippen LogP contribution in [0.1, 0.15) is 6.42 Å². The predicted octanol–water partition coefficient (Wildman–Crippen LogP) is 2.68. The minimum absolute atomic E-state index is 0.586. The number of anilines is 3. The van der Waals surface area contributed by atoms with Crippen LogP contribution in [0.4, 0.5) is 17.3 Å². The van der Waals surface area contributed by atoms with Crippen molar-refractivity contribution in [3.05, 3.63) is 36.8 Å². The van der Waals surface area contributed by atoms with Gasteiger partial charge in [0.05, 0.1) is 23.3 Å². The largest absolute Gasteiger partial charge is 0.486 e. The van der Waals surface area contributed by atoms with E-state index in [1.165, 1.54) is 6.33 Å². The predicted molar refractivity (Wildman–Crippen MR) is 97.6 cm³/mol. The first-order valence-corrected chi connectivity index (χ1v) is 8.36. The zero-order valence-electron chi connectivity index (χ0n) is 13.8. The molecule has 0 unspecified atom stereocenters. The van der Waals surface area contributed by atoms with Crippen molar-refractivity contribution in [2.24, 2.45) is 0 Å². The lowest BCUT2D eigenvalue weighted by molar-refractivity contribution is 0.323. The summed E-state index contributed by atoms with van der Waals surface area (Å²) < 4.78 is 5.82. The van der Waals surface area contributed by atoms with E-state index in [4.69, 9.17) is 4.74 Å². The maximum atomic E-state index is 5.82. The second-order valence-corrected chi connectivity index (χ2v) is 5.90. The van der Waals surface area contributed by atoms with Gasteiger partial charge in [-0.1, -0.05) is 12.1 Å². The lowest BCUT2D eigenvalue weighted by atomic mass is 10.3. The van der Waals surface area contributed by atoms with Gasteiger partial charge in [0.1, 0.15) is 6.33 Å². The van der Waals surface area contributed by atoms with Gasteiger partial charge in [-0.15, -0.1) is 0 Å². The van der Waals surface area contributed by atoms with Gasteiger partial charge < -0.3 is 20.4 Å². The molecule has 4 aromatic rings. The highest BCUT2D eigenvalue weighted by atomic mass is 16.5. The van der Waals surface area contributed by atoms with Crippen LogP contribution in [0.3, 0.4) is 0 Å². The van der Waals surface area contributed by atoms with Crippen LogP contribution in [0.2, 0.25) is 0 Å². The molecule has 0 spiro atoms. The Balaban J connectivity index is 1.52. The third kappa shape index (κ3) is 2.50. The first-order valence-electron chi connectivity index (χ1n) is 8.36. The van der Waals surface area contributed by atoms with Gasteiger partial charge in [0.25, 0.3) is 0 Å². The molecule has 0 fully saturated rings. The highest BCUT2D eigenvalue weighted by Gasteiger charge is 2.19. The lowest BCUT2D eigenvalue weighted by Crippen LogP contribution is -2.03. The van der Waals surface area contributed by atoms with Crippen LogP contribution in [-0.2, 0) is 0 Å². The van der Waals surface area contributed by atoms with Gasteiger partial charge >= 0.3 is 0 Å². The molecule has 4 N–H and O–H groups in total. The fourth-order valence-electron chi connectivity index (χ4n) is 2.94. The summed E-state index contributed by atoms with van der Waals surface area (Å²) >= 11 is 0. The van der Waals surface area contributed by atoms with Crippen molar-refractivity contribution in [1.82, 2.24) is 30.1 Å². The SMILES string of the molecule is c1ccc2[nH]c(-c3n[nH]cc3Nc3ncnc4c3OCCCN4)nc2c1. The standard InChI is InChI=1S/C17H16N8O/c1-2-5-11-10(4-1)22-15(23-11)13-12(8-21-25-13)24-17-14-16(19-9-20-17)18-6-3-7-26-14/h1-2,4-5,8-9H,3,6-7H2,(H,21,25)(H,22,23)(H2,18,19,20,24). The summed E-state index contributed by atoms with van der Waals surface area (Å²) in [7, 11) is 0. The summed E-state index contributed by atoms with van der Waals surface area (Å²) in [6.07, 6.45) is 4.18. The number of H-pyrrole nitrogens is 2. The Morgan fingerprint density at radius 2 is 2.12 bits per heavy atom. The Morgan fingerprint density at radius 3 is 3.08 bits per heavy atom. The van der Waals surface area contributed by atoms with Crippen molar-refractivity contribution in [2.45, 2.75) is 6.42 Å². The summed E-state index contributed by atoms with van der Waals surface area (Å²) in [5.41, 5.74) is 3.27. The molecule has 0 radical (unpaired) electrons. The van der Waals surface area contributed by atoms with Gasteiger partial charge in [0.15, 0.2) is 23.2 Å². The normalized spacial score (nSPS) is 13.5. The maximum absolute atomic E-state index is 5.82. The molecule has 1 aliphatic rings. The number of hydrogen-bond acceptors (Lipinski definition) is 7. The fourth-order valence-corrected chi connectivity index (χ4v) is 2.94. The van der Waals surface area contributed by atoms with Crippen LogP contribution < -0.4 is 15.4 Å². The lowest BCUT2D eigenvalue weighted by Gasteiger charge is -2.12. The topological polar surface area (TPSA) is 116 Å². The minimum Gasteiger partial charge on any atom is -0.486 e. The van der Waals surface area contributed by atoms with E-state index < -0.39 is 0 Å². The van der Waals surface area contributed by atoms with E-state index in [1.54, 1.807) is 6.20 Å². The third-order valence-corrected chi connectivity index (χ3v) is 4.17. The maximum Gasteiger partial charge on any atom is 0.204 e. The Hall–Kier alpha value is -3.62. The van der Waals surface area contributed by atoms with E-state index in [-0.39, 0.29) is 0 Å². The molecule has 0 atom stereocenters. The fraction of sp³-hybridized carbons (Fsp3) is 0.176. The van der Waals surface area contributed by atoms with Crippen molar-refractivity contribution in [3.8, 4) is 17.3 Å². The highest BCUT2D eigenvalue weighted by molar-refractivity contribution is 5.83. The van der Waals surface area contributed by atoms with E-state index >= 15 is 0 Å². The molecular formula is C17H16N8O. The van der Waals surface area contributed by atoms with Crippen molar-refractivity contribution in [2.75, 3.05) is 23.8 Å². The summed E-state index contributed by atoms with van der Waals surface area (Å²) in [4.78, 5) is 16.5. The van der Waals surface area contributed by atoms with Crippen molar-refractivity contribution >= 4 is 28.4 Å². The molecule has 0 bridgehead atoms. The quantitative estimate of drug-likeness (QED) is 0.450. The number of imidazole rings is 1. The van der Waals surface area contributed by atoms with Gasteiger partial charge in [-0.3, -0.25) is 5.10 Å². The summed E-state index contributed by atoms with van der Waals surface area (Å²) in [5, 5.41) is 13.7. The molecule has 5 rings (SSSR count). The van der Waals surface area contributed by atoms with Gasteiger partial charge in [-0.2, -0.15) is 5.10 Å². The number of para-hydroxylation sites is 2. The van der Waals surface area contributed by atoms with Crippen molar-refractivity contribution in [1.29, 1.82) is 0 Å². The van der Waals surface area contributed by atoms with E-state index in [0.717, 1.165) is 29.7 Å². The molecule has 0 amide bonds. The van der Waals surface area contributed by atoms with Crippen molar-refractivity contribution < 1.29 is 4.74 Å². The number of nitrogens with zero attached hydrogens (tertiary/aromatic N) is 4. The summed E-state index contributed by atoms with van der Waals surface area (Å²) in [5.74, 6) is 2.56. The smallest absolute Gasteiger partial charge is 0.204 e. The molecule has 0 saturated carbocycles. The number of nitrogens with one attached hydrogen (secondary N) is 4. The second kappa shape index (κ2) is 6.03. The molecule has 1 aromatic carbocycles. The molecule has 26 heavy (non-hydrogen) atoms. The Labute approximate surface area is 148 Å². The summed E-state index contributed by atoms with van der Waals surface area (Å²) in [6, 6.07) is 7.86. The molecular weight excluding hydrogens is 332 g/mol. The van der Waals surface area contributed by atoms with E-state index in [9.17, 15) is 0 Å². The first kappa shape index (κ1) is 14.7. The van der Waals surface area contributed by atoms with E-state index in [1.807, 2.05) is 24.3 Å². The molecule has 3 aromatic heterocycles. The number of fused-ring (bicyclic) bond motifs is 2. The number of aromatic nitrogens is 6. The zero-order valence-corrected chi connectivity index (χ0v) is 13.8. The Bertz CT molecular complexity index is 1040. The van der Waals surface area contributed by atoms with E-state index in [2.05, 4.69) is 40.8 Å². The Morgan fingerprint density at radius 1 is 1.15 bits per heavy atom. The summed E-state index contributed by atoms with van der Waals surface area (Å²) in [6.45, 7) is 1.43. The molecule has 9 nitrogen and oxygen atoms in total. The molecule has 9 heteroatoms. The number of aromatic amines is 2. The number of rotatable bonds is 3. The van der Waals surface area contributed by atoms with Crippen LogP contribution >= 0.6 is 0 Å². The number of ether oxygens (including phenoxy) is 1. The first-order chi connectivity index (χ1) is 12.9. The number of benzene rings is 1. The zero-order chi connectivity index (χ0) is 17.3. The monoisotopic (exact) mass is 348 g/mol. The number of hydrogen-bond donors (Lipinski definition) is 4. The highest BCUT2D eigenvalue weighted by Crippen LogP contribution is 2.35. The van der Waals surface area contributed by atoms with Crippen LogP contribution in [0.5, 0.6) is 5.75 Å². The van der Waals surface area contributed by atoms with Crippen molar-refractivity contribution in [3.63, 3.8) is 0 Å². The van der Waals surface area contributed by atoms with Gasteiger partial charge in [0.2, 0.25) is 5.75 Å². The van der Waals surface area contributed by atoms with Crippen LogP contribution in [0.25, 0.3) is 22.6 Å².